The second-order valence-corrected chi connectivity index (χ2v) is 5.59. The van der Waals surface area contributed by atoms with E-state index in [0.717, 1.165) is 6.42 Å². The number of hydrogen-bond acceptors (Lipinski definition) is 3. The molecule has 0 aromatic rings. The van der Waals surface area contributed by atoms with Crippen LogP contribution < -0.4 is 0 Å². The highest BCUT2D eigenvalue weighted by atomic mass is 16.6. The first-order valence-corrected chi connectivity index (χ1v) is 5.23. The molecule has 14 heavy (non-hydrogen) atoms. The first kappa shape index (κ1) is 9.97. The van der Waals surface area contributed by atoms with Crippen LogP contribution in [0.25, 0.3) is 0 Å². The van der Waals surface area contributed by atoms with E-state index in [9.17, 15) is 9.90 Å². The van der Waals surface area contributed by atoms with Crippen molar-refractivity contribution in [2.24, 2.45) is 11.3 Å². The van der Waals surface area contributed by atoms with Crippen LogP contribution in [-0.2, 0) is 9.53 Å². The summed E-state index contributed by atoms with van der Waals surface area (Å²) < 4.78 is 5.36. The molecular formula is C11H18O3. The van der Waals surface area contributed by atoms with Gasteiger partial charge in [-0.15, -0.1) is 0 Å². The van der Waals surface area contributed by atoms with E-state index in [2.05, 4.69) is 13.8 Å². The third-order valence-corrected chi connectivity index (χ3v) is 3.80. The summed E-state index contributed by atoms with van der Waals surface area (Å²) in [6.45, 7) is 6.17. The molecule has 1 aliphatic heterocycles. The van der Waals surface area contributed by atoms with E-state index in [1.165, 1.54) is 0 Å². The summed E-state index contributed by atoms with van der Waals surface area (Å²) in [5.41, 5.74) is -0.434. The molecule has 1 saturated heterocycles. The highest BCUT2D eigenvalue weighted by Crippen LogP contribution is 2.52. The zero-order valence-electron chi connectivity index (χ0n) is 9.04. The van der Waals surface area contributed by atoms with Gasteiger partial charge in [0.25, 0.3) is 0 Å². The normalized spacial score (nSPS) is 45.9. The Morgan fingerprint density at radius 3 is 2.64 bits per heavy atom. The van der Waals surface area contributed by atoms with Crippen molar-refractivity contribution in [2.45, 2.75) is 51.7 Å². The number of esters is 1. The number of rotatable bonds is 0. The molecule has 0 bridgehead atoms. The van der Waals surface area contributed by atoms with Crippen LogP contribution in [0.1, 0.15) is 40.0 Å². The molecule has 1 heterocycles. The van der Waals surface area contributed by atoms with Crippen LogP contribution in [0.3, 0.4) is 0 Å². The Bertz CT molecular complexity index is 272. The van der Waals surface area contributed by atoms with Gasteiger partial charge in [-0.1, -0.05) is 13.8 Å². The van der Waals surface area contributed by atoms with Crippen LogP contribution >= 0.6 is 0 Å². The molecule has 80 valence electrons. The van der Waals surface area contributed by atoms with Crippen LogP contribution in [0.5, 0.6) is 0 Å². The molecule has 0 aromatic carbocycles. The Hall–Kier alpha value is -0.570. The average molecular weight is 198 g/mol. The second-order valence-electron chi connectivity index (χ2n) is 5.59. The van der Waals surface area contributed by atoms with E-state index in [1.807, 2.05) is 6.92 Å². The highest BCUT2D eigenvalue weighted by Gasteiger charge is 2.56. The molecule has 0 radical (unpaired) electrons. The minimum Gasteiger partial charge on any atom is -0.459 e. The van der Waals surface area contributed by atoms with Gasteiger partial charge in [-0.3, -0.25) is 4.79 Å². The van der Waals surface area contributed by atoms with Crippen LogP contribution in [-0.4, -0.2) is 22.8 Å². The summed E-state index contributed by atoms with van der Waals surface area (Å²) in [7, 11) is 0. The lowest BCUT2D eigenvalue weighted by atomic mass is 9.61. The number of carbonyl (C=O) groups excluding carboxylic acids is 1. The molecular weight excluding hydrogens is 180 g/mol. The minimum atomic E-state index is -0.432. The molecule has 2 fully saturated rings. The summed E-state index contributed by atoms with van der Waals surface area (Å²) in [5.74, 6) is 0.144. The SMILES string of the molecule is CC1(C)C[C@H](O)C[C@@]2(C)OC(=O)CC12. The molecule has 0 spiro atoms. The van der Waals surface area contributed by atoms with Gasteiger partial charge < -0.3 is 9.84 Å². The second kappa shape index (κ2) is 2.72. The minimum absolute atomic E-state index is 0.00141. The molecule has 1 aliphatic carbocycles. The standard InChI is InChI=1S/C11H18O3/c1-10(2)5-7(12)6-11(3)8(10)4-9(13)14-11/h7-8,12H,4-6H2,1-3H3/t7-,8?,11+/m0/s1. The third kappa shape index (κ3) is 1.34. The number of hydrogen-bond donors (Lipinski definition) is 1. The lowest BCUT2D eigenvalue weighted by Crippen LogP contribution is -2.49. The monoisotopic (exact) mass is 198 g/mol. The van der Waals surface area contributed by atoms with Gasteiger partial charge in [-0.25, -0.2) is 0 Å². The molecule has 3 nitrogen and oxygen atoms in total. The van der Waals surface area contributed by atoms with Crippen LogP contribution in [0, 0.1) is 11.3 Å². The Kier molecular flexibility index (Phi) is 1.94. The van der Waals surface area contributed by atoms with Crippen molar-refractivity contribution in [3.8, 4) is 0 Å². The van der Waals surface area contributed by atoms with Crippen molar-refractivity contribution in [1.82, 2.24) is 0 Å². The first-order chi connectivity index (χ1) is 6.33. The molecule has 3 heteroatoms. The maximum absolute atomic E-state index is 11.3. The molecule has 1 unspecified atom stereocenters. The van der Waals surface area contributed by atoms with Gasteiger partial charge in [0.05, 0.1) is 12.5 Å². The maximum Gasteiger partial charge on any atom is 0.306 e. The van der Waals surface area contributed by atoms with Gasteiger partial charge in [0.2, 0.25) is 0 Å². The van der Waals surface area contributed by atoms with Crippen molar-refractivity contribution >= 4 is 5.97 Å². The summed E-state index contributed by atoms with van der Waals surface area (Å²) in [5, 5.41) is 9.75. The zero-order chi connectivity index (χ0) is 10.6. The summed E-state index contributed by atoms with van der Waals surface area (Å²) >= 11 is 0. The predicted octanol–water partition coefficient (Wildman–Crippen LogP) is 1.49. The lowest BCUT2D eigenvalue weighted by Gasteiger charge is -2.46. The summed E-state index contributed by atoms with van der Waals surface area (Å²) in [6.07, 6.45) is 1.53. The fourth-order valence-corrected chi connectivity index (χ4v) is 3.33. The molecule has 2 rings (SSSR count). The number of fused-ring (bicyclic) bond motifs is 1. The van der Waals surface area contributed by atoms with Gasteiger partial charge in [0, 0.05) is 12.3 Å². The van der Waals surface area contributed by atoms with Crippen molar-refractivity contribution in [2.75, 3.05) is 0 Å². The summed E-state index contributed by atoms with van der Waals surface area (Å²) in [6, 6.07) is 0. The van der Waals surface area contributed by atoms with E-state index in [4.69, 9.17) is 4.74 Å². The first-order valence-electron chi connectivity index (χ1n) is 5.23. The maximum atomic E-state index is 11.3. The molecule has 0 aromatic heterocycles. The highest BCUT2D eigenvalue weighted by molar-refractivity contribution is 5.73. The number of carbonyl (C=O) groups is 1. The number of aliphatic hydroxyl groups excluding tert-OH is 1. The lowest BCUT2D eigenvalue weighted by molar-refractivity contribution is -0.157. The van der Waals surface area contributed by atoms with Gasteiger partial charge in [-0.05, 0) is 18.8 Å². The Balaban J connectivity index is 2.32. The van der Waals surface area contributed by atoms with E-state index in [-0.39, 0.29) is 23.4 Å². The largest absolute Gasteiger partial charge is 0.459 e. The van der Waals surface area contributed by atoms with Crippen molar-refractivity contribution in [1.29, 1.82) is 0 Å². The van der Waals surface area contributed by atoms with E-state index in [1.54, 1.807) is 0 Å². The summed E-state index contributed by atoms with van der Waals surface area (Å²) in [4.78, 5) is 11.3. The van der Waals surface area contributed by atoms with E-state index >= 15 is 0 Å². The zero-order valence-corrected chi connectivity index (χ0v) is 9.04. The topological polar surface area (TPSA) is 46.5 Å². The van der Waals surface area contributed by atoms with E-state index in [0.29, 0.717) is 12.8 Å². The predicted molar refractivity (Wildman–Crippen MR) is 51.6 cm³/mol. The van der Waals surface area contributed by atoms with Gasteiger partial charge in [-0.2, -0.15) is 0 Å². The molecule has 2 aliphatic rings. The van der Waals surface area contributed by atoms with Crippen molar-refractivity contribution in [3.63, 3.8) is 0 Å². The van der Waals surface area contributed by atoms with Crippen LogP contribution in [0.2, 0.25) is 0 Å². The molecule has 3 atom stereocenters. The van der Waals surface area contributed by atoms with Crippen LogP contribution in [0.4, 0.5) is 0 Å². The van der Waals surface area contributed by atoms with Crippen LogP contribution in [0.15, 0.2) is 0 Å². The molecule has 1 N–H and O–H groups in total. The third-order valence-electron chi connectivity index (χ3n) is 3.80. The van der Waals surface area contributed by atoms with Crippen molar-refractivity contribution in [3.05, 3.63) is 0 Å². The van der Waals surface area contributed by atoms with Gasteiger partial charge >= 0.3 is 5.97 Å². The Morgan fingerprint density at radius 2 is 2.00 bits per heavy atom. The number of ether oxygens (including phenoxy) is 1. The van der Waals surface area contributed by atoms with Gasteiger partial charge in [0.15, 0.2) is 0 Å². The number of aliphatic hydroxyl groups is 1. The fourth-order valence-electron chi connectivity index (χ4n) is 3.33. The van der Waals surface area contributed by atoms with Gasteiger partial charge in [0.1, 0.15) is 5.60 Å². The van der Waals surface area contributed by atoms with E-state index < -0.39 is 5.60 Å². The Morgan fingerprint density at radius 1 is 1.36 bits per heavy atom. The van der Waals surface area contributed by atoms with Crippen molar-refractivity contribution < 1.29 is 14.6 Å². The molecule has 0 amide bonds. The molecule has 1 saturated carbocycles. The quantitative estimate of drug-likeness (QED) is 0.600. The average Bonchev–Trinajstić information content (AvgIpc) is 2.22. The smallest absolute Gasteiger partial charge is 0.306 e. The fraction of sp³-hybridized carbons (Fsp3) is 0.909. The Labute approximate surface area is 84.4 Å².